The fourth-order valence-electron chi connectivity index (χ4n) is 2.70. The summed E-state index contributed by atoms with van der Waals surface area (Å²) in [6.07, 6.45) is 0.886. The van der Waals surface area contributed by atoms with E-state index < -0.39 is 11.6 Å². The lowest BCUT2D eigenvalue weighted by Crippen LogP contribution is -2.19. The van der Waals surface area contributed by atoms with Crippen molar-refractivity contribution in [2.24, 2.45) is 5.92 Å². The number of hydrogen-bond acceptors (Lipinski definition) is 3. The van der Waals surface area contributed by atoms with Gasteiger partial charge in [0.25, 0.3) is 0 Å². The summed E-state index contributed by atoms with van der Waals surface area (Å²) in [4.78, 5) is 4.10. The summed E-state index contributed by atoms with van der Waals surface area (Å²) in [5.74, 6) is -1.34. The minimum absolute atomic E-state index is 0.0798. The van der Waals surface area contributed by atoms with Gasteiger partial charge in [-0.1, -0.05) is 0 Å². The average Bonchev–Trinajstić information content (AvgIpc) is 3.00. The summed E-state index contributed by atoms with van der Waals surface area (Å²) in [6, 6.07) is 2.43. The molecule has 6 heteroatoms. The molecule has 1 aromatic heterocycles. The fraction of sp³-hybridized carbons (Fsp3) is 0.462. The molecular weight excluding hydrogens is 252 g/mol. The smallest absolute Gasteiger partial charge is 0.201 e. The monoisotopic (exact) mass is 267 g/mol. The van der Waals surface area contributed by atoms with Gasteiger partial charge in [0.2, 0.25) is 5.95 Å². The van der Waals surface area contributed by atoms with Crippen molar-refractivity contribution in [1.82, 2.24) is 9.55 Å². The molecule has 3 rings (SSSR count). The molecule has 1 aliphatic heterocycles. The number of nitrogens with two attached hydrogens (primary N) is 1. The Balaban J connectivity index is 2.16. The van der Waals surface area contributed by atoms with Gasteiger partial charge in [0.15, 0.2) is 11.6 Å². The number of nitrogen functional groups attached to an aromatic ring is 1. The van der Waals surface area contributed by atoms with Crippen LogP contribution in [0.5, 0.6) is 0 Å². The van der Waals surface area contributed by atoms with E-state index in [1.165, 1.54) is 6.07 Å². The van der Waals surface area contributed by atoms with Crippen LogP contribution in [0.2, 0.25) is 0 Å². The zero-order chi connectivity index (χ0) is 13.6. The van der Waals surface area contributed by atoms with E-state index in [0.717, 1.165) is 12.5 Å². The predicted octanol–water partition coefficient (Wildman–Crippen LogP) is 2.49. The van der Waals surface area contributed by atoms with Gasteiger partial charge in [-0.2, -0.15) is 0 Å². The normalized spacial score (nSPS) is 21.1. The van der Waals surface area contributed by atoms with Crippen LogP contribution in [0, 0.1) is 17.6 Å². The Labute approximate surface area is 109 Å². The van der Waals surface area contributed by atoms with E-state index in [4.69, 9.17) is 10.5 Å². The van der Waals surface area contributed by atoms with E-state index in [0.29, 0.717) is 18.7 Å². The summed E-state index contributed by atoms with van der Waals surface area (Å²) >= 11 is 0. The van der Waals surface area contributed by atoms with Gasteiger partial charge < -0.3 is 15.0 Å². The molecule has 0 bridgehead atoms. The Bertz CT molecular complexity index is 620. The lowest BCUT2D eigenvalue weighted by Gasteiger charge is -2.21. The van der Waals surface area contributed by atoms with Crippen LogP contribution in [-0.4, -0.2) is 22.8 Å². The van der Waals surface area contributed by atoms with Crippen molar-refractivity contribution < 1.29 is 13.5 Å². The number of halogens is 2. The van der Waals surface area contributed by atoms with Crippen molar-refractivity contribution in [2.75, 3.05) is 18.9 Å². The van der Waals surface area contributed by atoms with Gasteiger partial charge in [0.05, 0.1) is 12.1 Å². The highest BCUT2D eigenvalue weighted by Gasteiger charge is 2.28. The van der Waals surface area contributed by atoms with Crippen LogP contribution in [0.1, 0.15) is 19.4 Å². The highest BCUT2D eigenvalue weighted by molar-refractivity contribution is 5.79. The van der Waals surface area contributed by atoms with Crippen molar-refractivity contribution in [3.8, 4) is 0 Å². The third-order valence-electron chi connectivity index (χ3n) is 3.82. The lowest BCUT2D eigenvalue weighted by atomic mass is 10.0. The molecule has 0 aliphatic carbocycles. The van der Waals surface area contributed by atoms with Crippen LogP contribution in [0.25, 0.3) is 11.0 Å². The summed E-state index contributed by atoms with van der Waals surface area (Å²) < 4.78 is 34.3. The second-order valence-electron chi connectivity index (χ2n) is 4.93. The number of rotatable bonds is 2. The molecule has 2 atom stereocenters. The molecule has 0 amide bonds. The SMILES string of the molecule is CC(C1CCOC1)n1c(N)nc2ccc(F)c(F)c21. The first-order valence-corrected chi connectivity index (χ1v) is 6.28. The van der Waals surface area contributed by atoms with E-state index in [-0.39, 0.29) is 23.4 Å². The molecule has 2 aromatic rings. The number of imidazole rings is 1. The van der Waals surface area contributed by atoms with Crippen LogP contribution in [0.15, 0.2) is 12.1 Å². The van der Waals surface area contributed by atoms with Crippen molar-refractivity contribution in [3.63, 3.8) is 0 Å². The van der Waals surface area contributed by atoms with Crippen molar-refractivity contribution >= 4 is 17.0 Å². The minimum atomic E-state index is -0.896. The van der Waals surface area contributed by atoms with Gasteiger partial charge in [-0.3, -0.25) is 0 Å². The van der Waals surface area contributed by atoms with Gasteiger partial charge in [-0.25, -0.2) is 13.8 Å². The molecule has 1 saturated heterocycles. The van der Waals surface area contributed by atoms with Crippen LogP contribution in [0.4, 0.5) is 14.7 Å². The molecule has 19 heavy (non-hydrogen) atoms. The number of hydrogen-bond donors (Lipinski definition) is 1. The number of nitrogens with zero attached hydrogens (tertiary/aromatic N) is 2. The van der Waals surface area contributed by atoms with E-state index in [1.807, 2.05) is 6.92 Å². The number of fused-ring (bicyclic) bond motifs is 1. The Kier molecular flexibility index (Phi) is 2.89. The number of aromatic nitrogens is 2. The average molecular weight is 267 g/mol. The fourth-order valence-corrected chi connectivity index (χ4v) is 2.70. The maximum absolute atomic E-state index is 14.0. The molecule has 0 saturated carbocycles. The Morgan fingerprint density at radius 1 is 1.47 bits per heavy atom. The molecule has 0 spiro atoms. The van der Waals surface area contributed by atoms with E-state index in [2.05, 4.69) is 4.98 Å². The minimum Gasteiger partial charge on any atom is -0.381 e. The predicted molar refractivity (Wildman–Crippen MR) is 67.7 cm³/mol. The second-order valence-corrected chi connectivity index (χ2v) is 4.93. The van der Waals surface area contributed by atoms with Gasteiger partial charge in [0, 0.05) is 18.6 Å². The van der Waals surface area contributed by atoms with E-state index in [9.17, 15) is 8.78 Å². The first kappa shape index (κ1) is 12.3. The molecule has 2 unspecified atom stereocenters. The maximum atomic E-state index is 14.0. The van der Waals surface area contributed by atoms with E-state index >= 15 is 0 Å². The molecule has 4 nitrogen and oxygen atoms in total. The lowest BCUT2D eigenvalue weighted by molar-refractivity contribution is 0.176. The second kappa shape index (κ2) is 4.45. The van der Waals surface area contributed by atoms with Crippen LogP contribution >= 0.6 is 0 Å². The molecular formula is C13H15F2N3O. The van der Waals surface area contributed by atoms with E-state index in [1.54, 1.807) is 4.57 Å². The molecule has 0 radical (unpaired) electrons. The van der Waals surface area contributed by atoms with Crippen molar-refractivity contribution in [2.45, 2.75) is 19.4 Å². The Morgan fingerprint density at radius 2 is 2.26 bits per heavy atom. The van der Waals surface area contributed by atoms with Gasteiger partial charge in [-0.05, 0) is 25.5 Å². The molecule has 2 heterocycles. The largest absolute Gasteiger partial charge is 0.381 e. The summed E-state index contributed by atoms with van der Waals surface area (Å²) in [7, 11) is 0. The molecule has 102 valence electrons. The summed E-state index contributed by atoms with van der Waals surface area (Å²) in [5.41, 5.74) is 6.38. The summed E-state index contributed by atoms with van der Waals surface area (Å²) in [6.45, 7) is 3.23. The van der Waals surface area contributed by atoms with Gasteiger partial charge in [-0.15, -0.1) is 0 Å². The Hall–Kier alpha value is -1.69. The zero-order valence-electron chi connectivity index (χ0n) is 10.6. The third-order valence-corrected chi connectivity index (χ3v) is 3.82. The number of benzene rings is 1. The topological polar surface area (TPSA) is 53.1 Å². The molecule has 1 fully saturated rings. The first-order chi connectivity index (χ1) is 9.09. The first-order valence-electron chi connectivity index (χ1n) is 6.28. The van der Waals surface area contributed by atoms with Crippen molar-refractivity contribution in [3.05, 3.63) is 23.8 Å². The highest BCUT2D eigenvalue weighted by Crippen LogP contribution is 2.33. The standard InChI is InChI=1S/C13H15F2N3O/c1-7(8-4-5-19-6-8)18-12-10(17-13(18)16)3-2-9(14)11(12)15/h2-3,7-8H,4-6H2,1H3,(H2,16,17). The zero-order valence-corrected chi connectivity index (χ0v) is 10.6. The number of ether oxygens (including phenoxy) is 1. The molecule has 2 N–H and O–H groups in total. The quantitative estimate of drug-likeness (QED) is 0.909. The Morgan fingerprint density at radius 3 is 2.95 bits per heavy atom. The maximum Gasteiger partial charge on any atom is 0.201 e. The molecule has 1 aliphatic rings. The van der Waals surface area contributed by atoms with Gasteiger partial charge in [0.1, 0.15) is 5.52 Å². The van der Waals surface area contributed by atoms with Gasteiger partial charge >= 0.3 is 0 Å². The number of anilines is 1. The van der Waals surface area contributed by atoms with Crippen LogP contribution in [0.3, 0.4) is 0 Å². The van der Waals surface area contributed by atoms with Crippen molar-refractivity contribution in [1.29, 1.82) is 0 Å². The van der Waals surface area contributed by atoms with Crippen LogP contribution < -0.4 is 5.73 Å². The molecule has 1 aromatic carbocycles. The van der Waals surface area contributed by atoms with Crippen LogP contribution in [-0.2, 0) is 4.74 Å². The highest BCUT2D eigenvalue weighted by atomic mass is 19.2. The summed E-state index contributed by atoms with van der Waals surface area (Å²) in [5, 5.41) is 0. The third kappa shape index (κ3) is 1.87.